The molecule has 0 unspecified atom stereocenters. The van der Waals surface area contributed by atoms with Crippen LogP contribution in [0.3, 0.4) is 0 Å². The van der Waals surface area contributed by atoms with E-state index in [4.69, 9.17) is 11.6 Å². The number of nitrogens with one attached hydrogen (secondary N) is 1. The van der Waals surface area contributed by atoms with E-state index in [1.54, 1.807) is 0 Å². The normalized spacial score (nSPS) is 10.8. The molecule has 0 radical (unpaired) electrons. The summed E-state index contributed by atoms with van der Waals surface area (Å²) in [6.45, 7) is 6.28. The van der Waals surface area contributed by atoms with Crippen molar-refractivity contribution >= 4 is 11.6 Å². The van der Waals surface area contributed by atoms with Gasteiger partial charge in [-0.3, -0.25) is 0 Å². The standard InChI is InChI=1S/C14H17ClN2/c1-9-4-5-12(10(2)8-9)14-11(3)16-13(17-14)6-7-15/h4-5,8H,6-7H2,1-3H3,(H,16,17). The molecule has 0 aliphatic carbocycles. The van der Waals surface area contributed by atoms with Crippen molar-refractivity contribution in [2.75, 3.05) is 5.88 Å². The molecule has 1 heterocycles. The average molecular weight is 249 g/mol. The lowest BCUT2D eigenvalue weighted by atomic mass is 10.0. The fraction of sp³-hybridized carbons (Fsp3) is 0.357. The maximum absolute atomic E-state index is 5.74. The molecular weight excluding hydrogens is 232 g/mol. The number of rotatable bonds is 3. The van der Waals surface area contributed by atoms with E-state index in [2.05, 4.69) is 48.9 Å². The van der Waals surface area contributed by atoms with E-state index < -0.39 is 0 Å². The smallest absolute Gasteiger partial charge is 0.108 e. The zero-order valence-corrected chi connectivity index (χ0v) is 11.2. The number of hydrogen-bond acceptors (Lipinski definition) is 1. The quantitative estimate of drug-likeness (QED) is 0.823. The molecule has 0 spiro atoms. The van der Waals surface area contributed by atoms with Gasteiger partial charge in [0.1, 0.15) is 5.82 Å². The van der Waals surface area contributed by atoms with E-state index >= 15 is 0 Å². The zero-order chi connectivity index (χ0) is 12.4. The number of aryl methyl sites for hydroxylation is 4. The first-order chi connectivity index (χ1) is 8.11. The SMILES string of the molecule is Cc1ccc(-c2nc(CCCl)[nH]c2C)c(C)c1. The summed E-state index contributed by atoms with van der Waals surface area (Å²) in [4.78, 5) is 7.91. The summed E-state index contributed by atoms with van der Waals surface area (Å²) in [7, 11) is 0. The number of H-pyrrole nitrogens is 1. The molecule has 0 saturated carbocycles. The Morgan fingerprint density at radius 2 is 2.00 bits per heavy atom. The molecule has 1 aromatic carbocycles. The van der Waals surface area contributed by atoms with Crippen molar-refractivity contribution in [2.45, 2.75) is 27.2 Å². The monoisotopic (exact) mass is 248 g/mol. The molecule has 0 bridgehead atoms. The molecule has 0 fully saturated rings. The van der Waals surface area contributed by atoms with Gasteiger partial charge in [-0.1, -0.05) is 23.8 Å². The van der Waals surface area contributed by atoms with Crippen molar-refractivity contribution in [1.82, 2.24) is 9.97 Å². The number of nitrogens with zero attached hydrogens (tertiary/aromatic N) is 1. The highest BCUT2D eigenvalue weighted by molar-refractivity contribution is 6.17. The maximum atomic E-state index is 5.74. The summed E-state index contributed by atoms with van der Waals surface area (Å²) >= 11 is 5.74. The number of hydrogen-bond donors (Lipinski definition) is 1. The highest BCUT2D eigenvalue weighted by Crippen LogP contribution is 2.25. The number of alkyl halides is 1. The number of aromatic nitrogens is 2. The van der Waals surface area contributed by atoms with E-state index in [0.717, 1.165) is 23.6 Å². The molecule has 2 nitrogen and oxygen atoms in total. The summed E-state index contributed by atoms with van der Waals surface area (Å²) < 4.78 is 0. The largest absolute Gasteiger partial charge is 0.346 e. The van der Waals surface area contributed by atoms with Gasteiger partial charge >= 0.3 is 0 Å². The minimum Gasteiger partial charge on any atom is -0.346 e. The Hall–Kier alpha value is -1.28. The van der Waals surface area contributed by atoms with E-state index in [1.807, 2.05) is 0 Å². The molecule has 0 amide bonds. The third-order valence-electron chi connectivity index (χ3n) is 2.90. The highest BCUT2D eigenvalue weighted by atomic mass is 35.5. The highest BCUT2D eigenvalue weighted by Gasteiger charge is 2.10. The van der Waals surface area contributed by atoms with Crippen molar-refractivity contribution in [3.05, 3.63) is 40.8 Å². The lowest BCUT2D eigenvalue weighted by Gasteiger charge is -2.04. The van der Waals surface area contributed by atoms with Gasteiger partial charge in [0.15, 0.2) is 0 Å². The Morgan fingerprint density at radius 3 is 2.65 bits per heavy atom. The fourth-order valence-electron chi connectivity index (χ4n) is 2.07. The van der Waals surface area contributed by atoms with E-state index in [-0.39, 0.29) is 0 Å². The predicted octanol–water partition coefficient (Wildman–Crippen LogP) is 3.78. The molecule has 1 aromatic heterocycles. The van der Waals surface area contributed by atoms with Crippen molar-refractivity contribution in [3.63, 3.8) is 0 Å². The minimum atomic E-state index is 0.597. The third-order valence-corrected chi connectivity index (χ3v) is 3.09. The van der Waals surface area contributed by atoms with Crippen LogP contribution in [-0.2, 0) is 6.42 Å². The molecular formula is C14H17ClN2. The molecule has 17 heavy (non-hydrogen) atoms. The van der Waals surface area contributed by atoms with Gasteiger partial charge in [0, 0.05) is 23.6 Å². The molecule has 2 rings (SSSR count). The van der Waals surface area contributed by atoms with Gasteiger partial charge < -0.3 is 4.98 Å². The second-order valence-electron chi connectivity index (χ2n) is 4.41. The lowest BCUT2D eigenvalue weighted by molar-refractivity contribution is 0.988. The molecule has 0 saturated heterocycles. The zero-order valence-electron chi connectivity index (χ0n) is 10.5. The number of halogens is 1. The van der Waals surface area contributed by atoms with Crippen LogP contribution in [0.4, 0.5) is 0 Å². The van der Waals surface area contributed by atoms with Gasteiger partial charge in [0.25, 0.3) is 0 Å². The molecule has 2 aromatic rings. The van der Waals surface area contributed by atoms with E-state index in [9.17, 15) is 0 Å². The summed E-state index contributed by atoms with van der Waals surface area (Å²) in [5.41, 5.74) is 5.89. The Bertz CT molecular complexity index is 529. The van der Waals surface area contributed by atoms with Gasteiger partial charge in [-0.15, -0.1) is 11.6 Å². The summed E-state index contributed by atoms with van der Waals surface area (Å²) in [5, 5.41) is 0. The Labute approximate surface area is 107 Å². The van der Waals surface area contributed by atoms with E-state index in [1.165, 1.54) is 16.7 Å². The first-order valence-electron chi connectivity index (χ1n) is 5.81. The van der Waals surface area contributed by atoms with Gasteiger partial charge in [-0.05, 0) is 26.3 Å². The molecule has 0 atom stereocenters. The van der Waals surface area contributed by atoms with Crippen LogP contribution in [0.25, 0.3) is 11.3 Å². The Balaban J connectivity index is 2.45. The third kappa shape index (κ3) is 2.52. The van der Waals surface area contributed by atoms with Crippen molar-refractivity contribution < 1.29 is 0 Å². The molecule has 0 aliphatic rings. The van der Waals surface area contributed by atoms with Crippen LogP contribution in [0.5, 0.6) is 0 Å². The average Bonchev–Trinajstić information content (AvgIpc) is 2.60. The van der Waals surface area contributed by atoms with Gasteiger partial charge in [0.05, 0.1) is 5.69 Å². The second-order valence-corrected chi connectivity index (χ2v) is 4.79. The predicted molar refractivity (Wildman–Crippen MR) is 72.7 cm³/mol. The van der Waals surface area contributed by atoms with Crippen LogP contribution in [0, 0.1) is 20.8 Å². The van der Waals surface area contributed by atoms with Crippen LogP contribution in [0.2, 0.25) is 0 Å². The number of imidazole rings is 1. The fourth-order valence-corrected chi connectivity index (χ4v) is 2.25. The van der Waals surface area contributed by atoms with Crippen LogP contribution in [0.15, 0.2) is 18.2 Å². The van der Waals surface area contributed by atoms with Crippen molar-refractivity contribution in [3.8, 4) is 11.3 Å². The maximum Gasteiger partial charge on any atom is 0.108 e. The first-order valence-corrected chi connectivity index (χ1v) is 6.34. The van der Waals surface area contributed by atoms with Gasteiger partial charge in [0.2, 0.25) is 0 Å². The van der Waals surface area contributed by atoms with Crippen LogP contribution < -0.4 is 0 Å². The van der Waals surface area contributed by atoms with Crippen LogP contribution >= 0.6 is 11.6 Å². The van der Waals surface area contributed by atoms with Gasteiger partial charge in [-0.25, -0.2) is 4.98 Å². The summed E-state index contributed by atoms with van der Waals surface area (Å²) in [6, 6.07) is 6.45. The number of aromatic amines is 1. The first kappa shape index (κ1) is 12.2. The second kappa shape index (κ2) is 4.92. The Morgan fingerprint density at radius 1 is 1.24 bits per heavy atom. The van der Waals surface area contributed by atoms with E-state index in [0.29, 0.717) is 5.88 Å². The Kier molecular flexibility index (Phi) is 3.53. The molecule has 0 aliphatic heterocycles. The lowest BCUT2D eigenvalue weighted by Crippen LogP contribution is -1.89. The van der Waals surface area contributed by atoms with Crippen molar-refractivity contribution in [1.29, 1.82) is 0 Å². The minimum absolute atomic E-state index is 0.597. The van der Waals surface area contributed by atoms with Crippen LogP contribution in [-0.4, -0.2) is 15.8 Å². The molecule has 90 valence electrons. The number of benzene rings is 1. The molecule has 1 N–H and O–H groups in total. The summed E-state index contributed by atoms with van der Waals surface area (Å²) in [6.07, 6.45) is 0.785. The molecule has 3 heteroatoms. The van der Waals surface area contributed by atoms with Gasteiger partial charge in [-0.2, -0.15) is 0 Å². The van der Waals surface area contributed by atoms with Crippen molar-refractivity contribution in [2.24, 2.45) is 0 Å². The topological polar surface area (TPSA) is 28.7 Å². The summed E-state index contributed by atoms with van der Waals surface area (Å²) in [5.74, 6) is 1.56. The van der Waals surface area contributed by atoms with Crippen LogP contribution in [0.1, 0.15) is 22.6 Å².